The van der Waals surface area contributed by atoms with Crippen molar-refractivity contribution in [1.29, 1.82) is 0 Å². The lowest BCUT2D eigenvalue weighted by atomic mass is 10.0. The highest BCUT2D eigenvalue weighted by Crippen LogP contribution is 2.22. The number of benzene rings is 1. The highest BCUT2D eigenvalue weighted by Gasteiger charge is 2.23. The smallest absolute Gasteiger partial charge is 0.409 e. The standard InChI is InChI=1S/C15H20Cl2N2O2/c1-2-21-15(20)19-7-5-12(6-8-19)18-10-11-3-4-13(16)14(17)9-11/h3-4,9,12,18H,2,5-8,10H2,1H3. The lowest BCUT2D eigenvalue weighted by molar-refractivity contribution is 0.0950. The summed E-state index contributed by atoms with van der Waals surface area (Å²) in [5.41, 5.74) is 1.11. The van der Waals surface area contributed by atoms with Gasteiger partial charge in [0.1, 0.15) is 0 Å². The van der Waals surface area contributed by atoms with Gasteiger partial charge in [-0.05, 0) is 37.5 Å². The molecular weight excluding hydrogens is 311 g/mol. The highest BCUT2D eigenvalue weighted by atomic mass is 35.5. The van der Waals surface area contributed by atoms with Crippen molar-refractivity contribution in [2.75, 3.05) is 19.7 Å². The molecular formula is C15H20Cl2N2O2. The van der Waals surface area contributed by atoms with Gasteiger partial charge in [0.2, 0.25) is 0 Å². The molecule has 0 aliphatic carbocycles. The lowest BCUT2D eigenvalue weighted by Gasteiger charge is -2.31. The number of nitrogens with one attached hydrogen (secondary N) is 1. The second-order valence-corrected chi connectivity index (χ2v) is 5.90. The van der Waals surface area contributed by atoms with E-state index in [-0.39, 0.29) is 6.09 Å². The molecule has 116 valence electrons. The van der Waals surface area contributed by atoms with E-state index < -0.39 is 0 Å². The zero-order valence-corrected chi connectivity index (χ0v) is 13.6. The molecule has 2 rings (SSSR count). The van der Waals surface area contributed by atoms with E-state index in [9.17, 15) is 4.79 Å². The van der Waals surface area contributed by atoms with Crippen LogP contribution in [0.25, 0.3) is 0 Å². The minimum absolute atomic E-state index is 0.208. The lowest BCUT2D eigenvalue weighted by Crippen LogP contribution is -2.44. The van der Waals surface area contributed by atoms with E-state index in [1.165, 1.54) is 0 Å². The Morgan fingerprint density at radius 2 is 2.05 bits per heavy atom. The molecule has 0 bridgehead atoms. The first-order chi connectivity index (χ1) is 10.1. The fourth-order valence-electron chi connectivity index (χ4n) is 2.39. The number of nitrogens with zero attached hydrogens (tertiary/aromatic N) is 1. The predicted octanol–water partition coefficient (Wildman–Crippen LogP) is 3.70. The van der Waals surface area contributed by atoms with E-state index >= 15 is 0 Å². The molecule has 0 spiro atoms. The summed E-state index contributed by atoms with van der Waals surface area (Å²) in [5.74, 6) is 0. The SMILES string of the molecule is CCOC(=O)N1CCC(NCc2ccc(Cl)c(Cl)c2)CC1. The normalized spacial score (nSPS) is 16.0. The maximum atomic E-state index is 11.6. The van der Waals surface area contributed by atoms with E-state index in [4.69, 9.17) is 27.9 Å². The molecule has 6 heteroatoms. The summed E-state index contributed by atoms with van der Waals surface area (Å²) < 4.78 is 5.01. The summed E-state index contributed by atoms with van der Waals surface area (Å²) in [6.07, 6.45) is 1.65. The molecule has 1 heterocycles. The van der Waals surface area contributed by atoms with E-state index in [1.54, 1.807) is 4.90 Å². The fourth-order valence-corrected chi connectivity index (χ4v) is 2.71. The fraction of sp³-hybridized carbons (Fsp3) is 0.533. The molecule has 0 saturated carbocycles. The molecule has 0 radical (unpaired) electrons. The number of rotatable bonds is 4. The zero-order chi connectivity index (χ0) is 15.2. The quantitative estimate of drug-likeness (QED) is 0.915. The van der Waals surface area contributed by atoms with Gasteiger partial charge >= 0.3 is 6.09 Å². The minimum atomic E-state index is -0.208. The van der Waals surface area contributed by atoms with Gasteiger partial charge in [-0.3, -0.25) is 0 Å². The molecule has 4 nitrogen and oxygen atoms in total. The van der Waals surface area contributed by atoms with Gasteiger partial charge in [-0.15, -0.1) is 0 Å². The van der Waals surface area contributed by atoms with Gasteiger partial charge in [-0.1, -0.05) is 29.3 Å². The molecule has 0 aromatic heterocycles. The third kappa shape index (κ3) is 4.77. The van der Waals surface area contributed by atoms with E-state index in [0.717, 1.165) is 38.0 Å². The van der Waals surface area contributed by atoms with Crippen LogP contribution in [-0.4, -0.2) is 36.7 Å². The number of ether oxygens (including phenoxy) is 1. The molecule has 1 saturated heterocycles. The van der Waals surface area contributed by atoms with Crippen LogP contribution < -0.4 is 5.32 Å². The van der Waals surface area contributed by atoms with Crippen molar-refractivity contribution in [2.45, 2.75) is 32.4 Å². The first kappa shape index (κ1) is 16.4. The van der Waals surface area contributed by atoms with Crippen molar-refractivity contribution in [3.8, 4) is 0 Å². The van der Waals surface area contributed by atoms with Crippen molar-refractivity contribution < 1.29 is 9.53 Å². The van der Waals surface area contributed by atoms with Gasteiger partial charge in [0.05, 0.1) is 16.7 Å². The van der Waals surface area contributed by atoms with Crippen molar-refractivity contribution in [3.05, 3.63) is 33.8 Å². The summed E-state index contributed by atoms with van der Waals surface area (Å²) >= 11 is 11.9. The summed E-state index contributed by atoms with van der Waals surface area (Å²) in [6.45, 7) is 4.47. The molecule has 21 heavy (non-hydrogen) atoms. The molecule has 1 N–H and O–H groups in total. The third-order valence-electron chi connectivity index (χ3n) is 3.60. The second kappa shape index (κ2) is 7.87. The predicted molar refractivity (Wildman–Crippen MR) is 84.9 cm³/mol. The van der Waals surface area contributed by atoms with E-state index in [0.29, 0.717) is 22.7 Å². The Balaban J connectivity index is 1.76. The Labute approximate surface area is 135 Å². The molecule has 1 amide bonds. The first-order valence-electron chi connectivity index (χ1n) is 7.19. The Morgan fingerprint density at radius 3 is 2.67 bits per heavy atom. The molecule has 1 aliphatic rings. The van der Waals surface area contributed by atoms with Crippen LogP contribution in [0.3, 0.4) is 0 Å². The van der Waals surface area contributed by atoms with Crippen LogP contribution in [0.2, 0.25) is 10.0 Å². The van der Waals surface area contributed by atoms with Gasteiger partial charge in [0, 0.05) is 25.7 Å². The molecule has 0 atom stereocenters. The summed E-state index contributed by atoms with van der Waals surface area (Å²) in [6, 6.07) is 6.06. The van der Waals surface area contributed by atoms with Crippen LogP contribution in [-0.2, 0) is 11.3 Å². The Bertz CT molecular complexity index is 489. The van der Waals surface area contributed by atoms with Gasteiger partial charge in [0.25, 0.3) is 0 Å². The van der Waals surface area contributed by atoms with Crippen LogP contribution >= 0.6 is 23.2 Å². The minimum Gasteiger partial charge on any atom is -0.450 e. The van der Waals surface area contributed by atoms with Crippen molar-refractivity contribution in [3.63, 3.8) is 0 Å². The number of piperidine rings is 1. The maximum Gasteiger partial charge on any atom is 0.409 e. The largest absolute Gasteiger partial charge is 0.450 e. The Hall–Kier alpha value is -0.970. The number of amides is 1. The number of carbonyl (C=O) groups excluding carboxylic acids is 1. The van der Waals surface area contributed by atoms with Crippen LogP contribution in [0, 0.1) is 0 Å². The number of likely N-dealkylation sites (tertiary alicyclic amines) is 1. The summed E-state index contributed by atoms with van der Waals surface area (Å²) in [7, 11) is 0. The topological polar surface area (TPSA) is 41.6 Å². The molecule has 1 aromatic carbocycles. The molecule has 1 aliphatic heterocycles. The third-order valence-corrected chi connectivity index (χ3v) is 4.34. The number of hydrogen-bond acceptors (Lipinski definition) is 3. The van der Waals surface area contributed by atoms with Crippen LogP contribution in [0.15, 0.2) is 18.2 Å². The van der Waals surface area contributed by atoms with E-state index in [2.05, 4.69) is 5.32 Å². The van der Waals surface area contributed by atoms with Crippen LogP contribution in [0.4, 0.5) is 4.79 Å². The van der Waals surface area contributed by atoms with Crippen molar-refractivity contribution in [2.24, 2.45) is 0 Å². The van der Waals surface area contributed by atoms with Gasteiger partial charge in [0.15, 0.2) is 0 Å². The second-order valence-electron chi connectivity index (χ2n) is 5.09. The van der Waals surface area contributed by atoms with Crippen molar-refractivity contribution in [1.82, 2.24) is 10.2 Å². The van der Waals surface area contributed by atoms with Gasteiger partial charge in [-0.2, -0.15) is 0 Å². The number of halogens is 2. The monoisotopic (exact) mass is 330 g/mol. The number of hydrogen-bond donors (Lipinski definition) is 1. The first-order valence-corrected chi connectivity index (χ1v) is 7.94. The average molecular weight is 331 g/mol. The zero-order valence-electron chi connectivity index (χ0n) is 12.1. The van der Waals surface area contributed by atoms with E-state index in [1.807, 2.05) is 25.1 Å². The molecule has 1 aromatic rings. The number of carbonyl (C=O) groups is 1. The van der Waals surface area contributed by atoms with Gasteiger partial charge in [-0.25, -0.2) is 4.79 Å². The van der Waals surface area contributed by atoms with Crippen molar-refractivity contribution >= 4 is 29.3 Å². The highest BCUT2D eigenvalue weighted by molar-refractivity contribution is 6.42. The summed E-state index contributed by atoms with van der Waals surface area (Å²) in [5, 5.41) is 4.64. The molecule has 0 unspecified atom stereocenters. The Kier molecular flexibility index (Phi) is 6.15. The van der Waals surface area contributed by atoms with Crippen LogP contribution in [0.1, 0.15) is 25.3 Å². The average Bonchev–Trinajstić information content (AvgIpc) is 2.49. The Morgan fingerprint density at radius 1 is 1.33 bits per heavy atom. The van der Waals surface area contributed by atoms with Crippen LogP contribution in [0.5, 0.6) is 0 Å². The van der Waals surface area contributed by atoms with Gasteiger partial charge < -0.3 is 15.0 Å². The summed E-state index contributed by atoms with van der Waals surface area (Å²) in [4.78, 5) is 13.4. The maximum absolute atomic E-state index is 11.6. The molecule has 1 fully saturated rings.